The molecule has 0 aliphatic carbocycles. The maximum absolute atomic E-state index is 9.88. The van der Waals surface area contributed by atoms with E-state index in [1.54, 1.807) is 13.8 Å². The molecule has 0 aliphatic heterocycles. The highest BCUT2D eigenvalue weighted by Crippen LogP contribution is 2.37. The van der Waals surface area contributed by atoms with Crippen molar-refractivity contribution in [1.82, 2.24) is 0 Å². The van der Waals surface area contributed by atoms with Crippen molar-refractivity contribution >= 4 is 32.3 Å². The predicted octanol–water partition coefficient (Wildman–Crippen LogP) is 4.69. The first-order chi connectivity index (χ1) is 10.5. The van der Waals surface area contributed by atoms with Crippen LogP contribution in [0.2, 0.25) is 0 Å². The Bertz CT molecular complexity index is 835. The summed E-state index contributed by atoms with van der Waals surface area (Å²) in [7, 11) is 0. The predicted molar refractivity (Wildman–Crippen MR) is 91.4 cm³/mol. The molecular formula is C20H18O2. The van der Waals surface area contributed by atoms with E-state index < -0.39 is 12.2 Å². The zero-order chi connectivity index (χ0) is 15.4. The van der Waals surface area contributed by atoms with Crippen molar-refractivity contribution in [2.24, 2.45) is 0 Å². The van der Waals surface area contributed by atoms with E-state index in [4.69, 9.17) is 0 Å². The first kappa shape index (κ1) is 13.5. The lowest BCUT2D eigenvalue weighted by Gasteiger charge is -2.15. The van der Waals surface area contributed by atoms with Crippen molar-refractivity contribution in [1.29, 1.82) is 0 Å². The summed E-state index contributed by atoms with van der Waals surface area (Å²) >= 11 is 0. The van der Waals surface area contributed by atoms with Gasteiger partial charge in [-0.15, -0.1) is 0 Å². The van der Waals surface area contributed by atoms with Crippen LogP contribution in [0.3, 0.4) is 0 Å². The maximum atomic E-state index is 9.88. The summed E-state index contributed by atoms with van der Waals surface area (Å²) in [6.45, 7) is 3.59. The van der Waals surface area contributed by atoms with Gasteiger partial charge in [0.1, 0.15) is 0 Å². The molecule has 2 unspecified atom stereocenters. The average molecular weight is 290 g/mol. The van der Waals surface area contributed by atoms with E-state index in [0.717, 1.165) is 32.7 Å². The van der Waals surface area contributed by atoms with Gasteiger partial charge < -0.3 is 10.2 Å². The molecule has 0 fully saturated rings. The minimum atomic E-state index is -0.469. The fourth-order valence-electron chi connectivity index (χ4n) is 3.37. The highest BCUT2D eigenvalue weighted by molar-refractivity contribution is 6.23. The van der Waals surface area contributed by atoms with Crippen molar-refractivity contribution in [2.75, 3.05) is 0 Å². The summed E-state index contributed by atoms with van der Waals surface area (Å²) in [4.78, 5) is 0. The number of benzene rings is 4. The van der Waals surface area contributed by atoms with Gasteiger partial charge in [-0.05, 0) is 81.6 Å². The molecule has 0 saturated carbocycles. The first-order valence-electron chi connectivity index (χ1n) is 7.63. The number of hydrogen-bond donors (Lipinski definition) is 2. The van der Waals surface area contributed by atoms with Crippen LogP contribution in [-0.2, 0) is 0 Å². The molecule has 0 spiro atoms. The topological polar surface area (TPSA) is 40.5 Å². The monoisotopic (exact) mass is 290 g/mol. The number of hydrogen-bond acceptors (Lipinski definition) is 2. The molecule has 110 valence electrons. The summed E-state index contributed by atoms with van der Waals surface area (Å²) in [5.74, 6) is 0. The highest BCUT2D eigenvalue weighted by atomic mass is 16.3. The smallest absolute Gasteiger partial charge is 0.0762 e. The molecule has 0 aromatic heterocycles. The number of aliphatic hydroxyl groups excluding tert-OH is 2. The third-order valence-electron chi connectivity index (χ3n) is 4.54. The van der Waals surface area contributed by atoms with Gasteiger partial charge >= 0.3 is 0 Å². The molecule has 22 heavy (non-hydrogen) atoms. The standard InChI is InChI=1S/C20H18O2/c1-11(21)17-7-13-3-5-15-9-18(12(2)22)10-16-6-4-14(8-17)19(13)20(15)16/h3-12,21-22H,1-2H3. The molecular weight excluding hydrogens is 272 g/mol. The van der Waals surface area contributed by atoms with Crippen molar-refractivity contribution in [3.05, 3.63) is 59.7 Å². The largest absolute Gasteiger partial charge is 0.389 e. The normalized spacial score (nSPS) is 14.9. The van der Waals surface area contributed by atoms with Gasteiger partial charge in [0.15, 0.2) is 0 Å². The first-order valence-corrected chi connectivity index (χ1v) is 7.63. The zero-order valence-electron chi connectivity index (χ0n) is 12.7. The van der Waals surface area contributed by atoms with Gasteiger partial charge in [-0.25, -0.2) is 0 Å². The summed E-state index contributed by atoms with van der Waals surface area (Å²) in [6.07, 6.45) is -0.937. The van der Waals surface area contributed by atoms with Gasteiger partial charge in [-0.1, -0.05) is 24.3 Å². The van der Waals surface area contributed by atoms with E-state index in [1.165, 1.54) is 10.8 Å². The van der Waals surface area contributed by atoms with E-state index >= 15 is 0 Å². The van der Waals surface area contributed by atoms with Crippen LogP contribution in [-0.4, -0.2) is 10.2 Å². The average Bonchev–Trinajstić information content (AvgIpc) is 2.51. The third-order valence-corrected chi connectivity index (χ3v) is 4.54. The van der Waals surface area contributed by atoms with Crippen LogP contribution < -0.4 is 0 Å². The molecule has 0 saturated heterocycles. The lowest BCUT2D eigenvalue weighted by atomic mass is 9.90. The second-order valence-electron chi connectivity index (χ2n) is 6.17. The minimum absolute atomic E-state index is 0.469. The van der Waals surface area contributed by atoms with Crippen molar-refractivity contribution in [2.45, 2.75) is 26.1 Å². The Kier molecular flexibility index (Phi) is 2.86. The fourth-order valence-corrected chi connectivity index (χ4v) is 3.37. The maximum Gasteiger partial charge on any atom is 0.0762 e. The molecule has 0 heterocycles. The van der Waals surface area contributed by atoms with Gasteiger partial charge in [-0.2, -0.15) is 0 Å². The Balaban J connectivity index is 2.17. The van der Waals surface area contributed by atoms with E-state index in [-0.39, 0.29) is 0 Å². The zero-order valence-corrected chi connectivity index (χ0v) is 12.7. The Labute approximate surface area is 129 Å². The second-order valence-corrected chi connectivity index (χ2v) is 6.17. The van der Waals surface area contributed by atoms with Gasteiger partial charge in [0.25, 0.3) is 0 Å². The molecule has 2 N–H and O–H groups in total. The molecule has 0 bridgehead atoms. The van der Waals surface area contributed by atoms with Crippen LogP contribution in [0.5, 0.6) is 0 Å². The highest BCUT2D eigenvalue weighted by Gasteiger charge is 2.13. The molecule has 4 aromatic rings. The van der Waals surface area contributed by atoms with E-state index in [1.807, 2.05) is 0 Å². The molecule has 2 atom stereocenters. The fraction of sp³-hybridized carbons (Fsp3) is 0.200. The second kappa shape index (κ2) is 4.67. The molecule has 4 rings (SSSR count). The SMILES string of the molecule is CC(O)c1cc2ccc3cc(C(C)O)cc4ccc(c1)c2c34. The number of rotatable bonds is 2. The van der Waals surface area contributed by atoms with Gasteiger partial charge in [0, 0.05) is 0 Å². The summed E-state index contributed by atoms with van der Waals surface area (Å²) in [5.41, 5.74) is 1.88. The van der Waals surface area contributed by atoms with Crippen LogP contribution in [0, 0.1) is 0 Å². The quantitative estimate of drug-likeness (QED) is 0.526. The number of aliphatic hydroxyl groups is 2. The van der Waals surface area contributed by atoms with Gasteiger partial charge in [0.2, 0.25) is 0 Å². The van der Waals surface area contributed by atoms with E-state index in [0.29, 0.717) is 0 Å². The van der Waals surface area contributed by atoms with Crippen LogP contribution in [0.15, 0.2) is 48.5 Å². The molecule has 0 radical (unpaired) electrons. The van der Waals surface area contributed by atoms with Gasteiger partial charge in [-0.3, -0.25) is 0 Å². The third kappa shape index (κ3) is 1.88. The molecule has 2 heteroatoms. The lowest BCUT2D eigenvalue weighted by molar-refractivity contribution is 0.199. The van der Waals surface area contributed by atoms with E-state index in [9.17, 15) is 10.2 Å². The van der Waals surface area contributed by atoms with Crippen LogP contribution in [0.1, 0.15) is 37.2 Å². The van der Waals surface area contributed by atoms with Crippen molar-refractivity contribution in [3.63, 3.8) is 0 Å². The molecule has 2 nitrogen and oxygen atoms in total. The summed E-state index contributed by atoms with van der Waals surface area (Å²) < 4.78 is 0. The van der Waals surface area contributed by atoms with Gasteiger partial charge in [0.05, 0.1) is 12.2 Å². The van der Waals surface area contributed by atoms with Crippen LogP contribution in [0.4, 0.5) is 0 Å². The Hall–Kier alpha value is -2.16. The molecule has 0 amide bonds. The van der Waals surface area contributed by atoms with E-state index in [2.05, 4.69) is 48.5 Å². The van der Waals surface area contributed by atoms with Crippen LogP contribution >= 0.6 is 0 Å². The lowest BCUT2D eigenvalue weighted by Crippen LogP contribution is -1.94. The van der Waals surface area contributed by atoms with Crippen LogP contribution in [0.25, 0.3) is 32.3 Å². The minimum Gasteiger partial charge on any atom is -0.389 e. The summed E-state index contributed by atoms with van der Waals surface area (Å²) in [6, 6.07) is 16.7. The molecule has 0 aliphatic rings. The molecule has 4 aromatic carbocycles. The van der Waals surface area contributed by atoms with Crippen molar-refractivity contribution in [3.8, 4) is 0 Å². The summed E-state index contributed by atoms with van der Waals surface area (Å²) in [5, 5.41) is 26.8. The van der Waals surface area contributed by atoms with Crippen molar-refractivity contribution < 1.29 is 10.2 Å². The Morgan fingerprint density at radius 2 is 0.864 bits per heavy atom. The Morgan fingerprint density at radius 1 is 0.591 bits per heavy atom. The Morgan fingerprint density at radius 3 is 1.09 bits per heavy atom.